The lowest BCUT2D eigenvalue weighted by atomic mass is 10.2. The van der Waals surface area contributed by atoms with Gasteiger partial charge in [-0.3, -0.25) is 5.41 Å². The number of rotatable bonds is 5. The standard InChI is InChI=1S/C10H18N4O/c1-4-5-6-15-10-8(9(11)12)7(2)13-14(10)3/h4-6H2,1-3H3,(H3,11,12). The van der Waals surface area contributed by atoms with Gasteiger partial charge in [-0.2, -0.15) is 5.10 Å². The molecule has 15 heavy (non-hydrogen) atoms. The van der Waals surface area contributed by atoms with Crippen LogP contribution >= 0.6 is 0 Å². The number of unbranched alkanes of at least 4 members (excludes halogenated alkanes) is 1. The lowest BCUT2D eigenvalue weighted by Gasteiger charge is -2.07. The maximum absolute atomic E-state index is 7.46. The van der Waals surface area contributed by atoms with Gasteiger partial charge in [0.05, 0.1) is 12.3 Å². The Kier molecular flexibility index (Phi) is 3.71. The van der Waals surface area contributed by atoms with Crippen LogP contribution in [0.5, 0.6) is 5.88 Å². The Morgan fingerprint density at radius 2 is 2.27 bits per heavy atom. The molecule has 1 heterocycles. The molecule has 0 radical (unpaired) electrons. The van der Waals surface area contributed by atoms with Crippen molar-refractivity contribution < 1.29 is 4.74 Å². The van der Waals surface area contributed by atoms with E-state index in [4.69, 9.17) is 15.9 Å². The number of nitrogens with two attached hydrogens (primary N) is 1. The summed E-state index contributed by atoms with van der Waals surface area (Å²) in [5, 5.41) is 11.6. The summed E-state index contributed by atoms with van der Waals surface area (Å²) in [6, 6.07) is 0. The van der Waals surface area contributed by atoms with Crippen LogP contribution in [0, 0.1) is 12.3 Å². The zero-order chi connectivity index (χ0) is 11.4. The van der Waals surface area contributed by atoms with E-state index >= 15 is 0 Å². The van der Waals surface area contributed by atoms with E-state index in [1.165, 1.54) is 0 Å². The van der Waals surface area contributed by atoms with Gasteiger partial charge in [0.2, 0.25) is 5.88 Å². The molecule has 0 amide bonds. The second-order valence-corrected chi connectivity index (χ2v) is 3.50. The van der Waals surface area contributed by atoms with Crippen molar-refractivity contribution in [3.05, 3.63) is 11.3 Å². The fraction of sp³-hybridized carbons (Fsp3) is 0.600. The Morgan fingerprint density at radius 3 is 2.80 bits per heavy atom. The van der Waals surface area contributed by atoms with E-state index in [9.17, 15) is 0 Å². The highest BCUT2D eigenvalue weighted by atomic mass is 16.5. The second-order valence-electron chi connectivity index (χ2n) is 3.50. The van der Waals surface area contributed by atoms with Crippen LogP contribution in [0.15, 0.2) is 0 Å². The van der Waals surface area contributed by atoms with E-state index in [2.05, 4.69) is 12.0 Å². The molecule has 84 valence electrons. The summed E-state index contributed by atoms with van der Waals surface area (Å²) in [5.74, 6) is 0.598. The number of nitrogens with one attached hydrogen (secondary N) is 1. The Morgan fingerprint density at radius 1 is 1.60 bits per heavy atom. The third-order valence-electron chi connectivity index (χ3n) is 2.18. The van der Waals surface area contributed by atoms with Crippen LogP contribution in [0.3, 0.4) is 0 Å². The van der Waals surface area contributed by atoms with Crippen LogP contribution in [0.4, 0.5) is 0 Å². The largest absolute Gasteiger partial charge is 0.477 e. The van der Waals surface area contributed by atoms with Crippen molar-refractivity contribution in [3.63, 3.8) is 0 Å². The molecule has 0 saturated carbocycles. The Bertz CT molecular complexity index is 357. The average molecular weight is 210 g/mol. The summed E-state index contributed by atoms with van der Waals surface area (Å²) in [5.41, 5.74) is 6.82. The zero-order valence-corrected chi connectivity index (χ0v) is 9.50. The molecule has 5 heteroatoms. The lowest BCUT2D eigenvalue weighted by Crippen LogP contribution is -2.14. The number of hydrogen-bond acceptors (Lipinski definition) is 3. The molecule has 0 bridgehead atoms. The highest BCUT2D eigenvalue weighted by Crippen LogP contribution is 2.20. The Balaban J connectivity index is 2.89. The van der Waals surface area contributed by atoms with Gasteiger partial charge in [-0.1, -0.05) is 13.3 Å². The van der Waals surface area contributed by atoms with E-state index in [0.717, 1.165) is 18.5 Å². The smallest absolute Gasteiger partial charge is 0.223 e. The third-order valence-corrected chi connectivity index (χ3v) is 2.18. The van der Waals surface area contributed by atoms with Crippen molar-refractivity contribution in [1.82, 2.24) is 9.78 Å². The van der Waals surface area contributed by atoms with Crippen molar-refractivity contribution in [1.29, 1.82) is 5.41 Å². The van der Waals surface area contributed by atoms with Crippen LogP contribution in [-0.4, -0.2) is 22.2 Å². The Labute approximate surface area is 89.7 Å². The van der Waals surface area contributed by atoms with Crippen LogP contribution < -0.4 is 10.5 Å². The van der Waals surface area contributed by atoms with Gasteiger partial charge in [-0.05, 0) is 13.3 Å². The van der Waals surface area contributed by atoms with Crippen LogP contribution in [0.25, 0.3) is 0 Å². The molecule has 5 nitrogen and oxygen atoms in total. The minimum absolute atomic E-state index is 0.00657. The molecule has 0 fully saturated rings. The summed E-state index contributed by atoms with van der Waals surface area (Å²) >= 11 is 0. The van der Waals surface area contributed by atoms with Gasteiger partial charge in [0.1, 0.15) is 11.4 Å². The van der Waals surface area contributed by atoms with Gasteiger partial charge in [-0.15, -0.1) is 0 Å². The normalized spacial score (nSPS) is 10.3. The fourth-order valence-electron chi connectivity index (χ4n) is 1.43. The first kappa shape index (κ1) is 11.6. The summed E-state index contributed by atoms with van der Waals surface area (Å²) < 4.78 is 7.20. The first-order chi connectivity index (χ1) is 7.07. The highest BCUT2D eigenvalue weighted by Gasteiger charge is 2.16. The first-order valence-electron chi connectivity index (χ1n) is 5.08. The van der Waals surface area contributed by atoms with E-state index in [1.54, 1.807) is 11.7 Å². The summed E-state index contributed by atoms with van der Waals surface area (Å²) in [4.78, 5) is 0. The molecule has 1 aromatic heterocycles. The molecule has 0 spiro atoms. The predicted molar refractivity (Wildman–Crippen MR) is 59.4 cm³/mol. The van der Waals surface area contributed by atoms with Crippen LogP contribution in [-0.2, 0) is 7.05 Å². The molecule has 0 aliphatic rings. The van der Waals surface area contributed by atoms with Gasteiger partial charge >= 0.3 is 0 Å². The minimum atomic E-state index is 0.00657. The molecule has 0 saturated heterocycles. The Hall–Kier alpha value is -1.52. The maximum Gasteiger partial charge on any atom is 0.223 e. The highest BCUT2D eigenvalue weighted by molar-refractivity contribution is 5.98. The summed E-state index contributed by atoms with van der Waals surface area (Å²) in [6.45, 7) is 4.56. The molecule has 3 N–H and O–H groups in total. The van der Waals surface area contributed by atoms with E-state index in [0.29, 0.717) is 18.1 Å². The number of aryl methyl sites for hydroxylation is 2. The number of ether oxygens (including phenoxy) is 1. The molecule has 1 rings (SSSR count). The second kappa shape index (κ2) is 4.82. The van der Waals surface area contributed by atoms with Gasteiger partial charge < -0.3 is 10.5 Å². The minimum Gasteiger partial charge on any atom is -0.477 e. The molecule has 0 aliphatic heterocycles. The van der Waals surface area contributed by atoms with E-state index in [-0.39, 0.29) is 5.84 Å². The maximum atomic E-state index is 7.46. The van der Waals surface area contributed by atoms with Gasteiger partial charge in [0.15, 0.2) is 0 Å². The zero-order valence-electron chi connectivity index (χ0n) is 9.50. The molecule has 0 aliphatic carbocycles. The fourth-order valence-corrected chi connectivity index (χ4v) is 1.43. The monoisotopic (exact) mass is 210 g/mol. The number of aromatic nitrogens is 2. The first-order valence-corrected chi connectivity index (χ1v) is 5.08. The summed E-state index contributed by atoms with van der Waals surface area (Å²) in [6.07, 6.45) is 2.06. The SMILES string of the molecule is CCCCOc1c(C(=N)N)c(C)nn1C. The molecule has 1 aromatic rings. The quantitative estimate of drug-likeness (QED) is 0.435. The van der Waals surface area contributed by atoms with Gasteiger partial charge in [0.25, 0.3) is 0 Å². The molecular formula is C10H18N4O. The van der Waals surface area contributed by atoms with Crippen molar-refractivity contribution in [3.8, 4) is 5.88 Å². The molecule has 0 unspecified atom stereocenters. The van der Waals surface area contributed by atoms with Crippen LogP contribution in [0.1, 0.15) is 31.0 Å². The van der Waals surface area contributed by atoms with Crippen molar-refractivity contribution in [2.45, 2.75) is 26.7 Å². The third kappa shape index (κ3) is 2.49. The van der Waals surface area contributed by atoms with Crippen molar-refractivity contribution in [2.24, 2.45) is 12.8 Å². The topological polar surface area (TPSA) is 76.9 Å². The predicted octanol–water partition coefficient (Wildman–Crippen LogP) is 1.19. The number of hydrogen-bond donors (Lipinski definition) is 2. The average Bonchev–Trinajstić information content (AvgIpc) is 2.42. The molecular weight excluding hydrogens is 192 g/mol. The van der Waals surface area contributed by atoms with Gasteiger partial charge in [0, 0.05) is 7.05 Å². The molecule has 0 aromatic carbocycles. The van der Waals surface area contributed by atoms with Crippen molar-refractivity contribution >= 4 is 5.84 Å². The molecule has 0 atom stereocenters. The van der Waals surface area contributed by atoms with E-state index in [1.807, 2.05) is 6.92 Å². The lowest BCUT2D eigenvalue weighted by molar-refractivity contribution is 0.283. The number of nitrogens with zero attached hydrogens (tertiary/aromatic N) is 2. The van der Waals surface area contributed by atoms with Crippen molar-refractivity contribution in [2.75, 3.05) is 6.61 Å². The van der Waals surface area contributed by atoms with Crippen LogP contribution in [0.2, 0.25) is 0 Å². The number of nitrogen functional groups attached to an aromatic ring is 1. The number of amidine groups is 1. The van der Waals surface area contributed by atoms with E-state index < -0.39 is 0 Å². The summed E-state index contributed by atoms with van der Waals surface area (Å²) in [7, 11) is 1.79. The van der Waals surface area contributed by atoms with Gasteiger partial charge in [-0.25, -0.2) is 4.68 Å².